The Balaban J connectivity index is 0.00000387. The summed E-state index contributed by atoms with van der Waals surface area (Å²) >= 11 is 0. The molecular weight excluding hydrogens is 575 g/mol. The fourth-order valence-electron chi connectivity index (χ4n) is 4.33. The number of nitrogens with zero attached hydrogens (tertiary/aromatic N) is 4. The van der Waals surface area contributed by atoms with Crippen LogP contribution < -0.4 is 9.97 Å². The van der Waals surface area contributed by atoms with Crippen LogP contribution in [0.25, 0.3) is 46.4 Å². The molecule has 0 aromatic carbocycles. The van der Waals surface area contributed by atoms with Crippen molar-refractivity contribution in [2.24, 2.45) is 0 Å². The topological polar surface area (TPSA) is 159 Å². The number of carbonyl (C=O) groups excluding carboxylic acids is 4. The molecule has 13 heteroatoms. The van der Waals surface area contributed by atoms with Gasteiger partial charge in [0.15, 0.2) is 0 Å². The molecule has 0 spiro atoms. The number of methoxy groups -OCH3 is 4. The van der Waals surface area contributed by atoms with Gasteiger partial charge in [0.05, 0.1) is 73.5 Å². The molecule has 0 atom stereocenters. The Kier molecular flexibility index (Phi) is 8.22. The van der Waals surface area contributed by atoms with E-state index in [0.717, 1.165) is 0 Å². The molecule has 0 amide bonds. The molecule has 2 aliphatic heterocycles. The van der Waals surface area contributed by atoms with Crippen molar-refractivity contribution in [3.8, 4) is 0 Å². The van der Waals surface area contributed by atoms with Crippen molar-refractivity contribution < 1.29 is 55.2 Å². The summed E-state index contributed by atoms with van der Waals surface area (Å²) < 4.78 is 19.9. The van der Waals surface area contributed by atoms with Crippen molar-refractivity contribution in [3.05, 3.63) is 69.3 Å². The monoisotopic (exact) mass is 595 g/mol. The average molecular weight is 595 g/mol. The zero-order valence-corrected chi connectivity index (χ0v) is 23.2. The molecule has 0 aliphatic carbocycles. The zero-order chi connectivity index (χ0) is 28.6. The number of aromatic nitrogens is 4. The van der Waals surface area contributed by atoms with Gasteiger partial charge in [-0.3, -0.25) is 0 Å². The molecule has 206 valence electrons. The zero-order valence-electron chi connectivity index (χ0n) is 22.1. The number of hydrogen-bond donors (Lipinski definition) is 0. The number of ether oxygens (including phenoxy) is 4. The summed E-state index contributed by atoms with van der Waals surface area (Å²) in [7, 11) is 4.83. The second-order valence-electron chi connectivity index (χ2n) is 8.33. The van der Waals surface area contributed by atoms with Gasteiger partial charge in [-0.2, -0.15) is 0 Å². The number of esters is 4. The fraction of sp³-hybridized carbons (Fsp3) is 0.143. The van der Waals surface area contributed by atoms with Crippen LogP contribution in [0.3, 0.4) is 0 Å². The van der Waals surface area contributed by atoms with E-state index >= 15 is 0 Å². The molecule has 3 aromatic rings. The predicted molar refractivity (Wildman–Crippen MR) is 142 cm³/mol. The van der Waals surface area contributed by atoms with Gasteiger partial charge in [-0.25, -0.2) is 29.1 Å². The third-order valence-electron chi connectivity index (χ3n) is 6.17. The SMILES string of the molecule is COC(=O)c1c2nc(c(C(=O)OC)c3ccc([n-]3)c(C(=O)OC)c3nc(c(C(=O)OC)c4ccc1[n-]4)C=C3)C=C2.[Mn+3]. The molecule has 5 heterocycles. The molecule has 5 rings (SSSR count). The molecule has 0 radical (unpaired) electrons. The second kappa shape index (κ2) is 11.6. The van der Waals surface area contributed by atoms with Gasteiger partial charge in [0.25, 0.3) is 0 Å². The molecule has 0 fully saturated rings. The van der Waals surface area contributed by atoms with Crippen LogP contribution in [-0.4, -0.2) is 62.3 Å². The molecule has 3 aromatic heterocycles. The van der Waals surface area contributed by atoms with E-state index in [2.05, 4.69) is 19.9 Å². The van der Waals surface area contributed by atoms with Gasteiger partial charge in [-0.05, 0) is 24.3 Å². The number of rotatable bonds is 4. The average Bonchev–Trinajstić information content (AvgIpc) is 3.78. The van der Waals surface area contributed by atoms with Crippen LogP contribution in [-0.2, 0) is 36.0 Å². The molecule has 12 nitrogen and oxygen atoms in total. The van der Waals surface area contributed by atoms with Crippen LogP contribution in [0.5, 0.6) is 0 Å². The normalized spacial score (nSPS) is 11.4. The third-order valence-corrected chi connectivity index (χ3v) is 6.17. The Morgan fingerprint density at radius 3 is 0.902 bits per heavy atom. The summed E-state index contributed by atoms with van der Waals surface area (Å²) in [6.45, 7) is 0. The maximum Gasteiger partial charge on any atom is 3.00 e. The Labute approximate surface area is 242 Å². The molecule has 0 unspecified atom stereocenters. The first-order valence-electron chi connectivity index (χ1n) is 11.7. The van der Waals surface area contributed by atoms with Crippen molar-refractivity contribution in [2.75, 3.05) is 28.4 Å². The molecule has 2 aliphatic rings. The summed E-state index contributed by atoms with van der Waals surface area (Å²) in [5, 5.41) is 0. The van der Waals surface area contributed by atoms with Crippen LogP contribution in [0.15, 0.2) is 24.3 Å². The van der Waals surface area contributed by atoms with Gasteiger partial charge in [0.1, 0.15) is 0 Å². The van der Waals surface area contributed by atoms with E-state index in [4.69, 9.17) is 18.9 Å². The second-order valence-corrected chi connectivity index (χ2v) is 8.33. The van der Waals surface area contributed by atoms with Gasteiger partial charge < -0.3 is 28.9 Å². The summed E-state index contributed by atoms with van der Waals surface area (Å²) in [5.41, 5.74) is 1.21. The number of carbonyl (C=O) groups is 4. The van der Waals surface area contributed by atoms with Crippen molar-refractivity contribution >= 4 is 70.2 Å². The van der Waals surface area contributed by atoms with Crippen LogP contribution in [0, 0.1) is 0 Å². The van der Waals surface area contributed by atoms with Crippen molar-refractivity contribution in [2.45, 2.75) is 0 Å². The van der Waals surface area contributed by atoms with Crippen LogP contribution in [0.1, 0.15) is 64.2 Å². The Hall–Kier alpha value is -5.00. The van der Waals surface area contributed by atoms with Gasteiger partial charge in [-0.15, -0.1) is 22.1 Å². The molecule has 8 bridgehead atoms. The van der Waals surface area contributed by atoms with Crippen LogP contribution >= 0.6 is 0 Å². The van der Waals surface area contributed by atoms with Gasteiger partial charge in [-0.1, -0.05) is 24.3 Å². The van der Waals surface area contributed by atoms with Gasteiger partial charge in [0, 0.05) is 0 Å². The Bertz CT molecular complexity index is 1580. The van der Waals surface area contributed by atoms with E-state index in [1.54, 1.807) is 0 Å². The molecular formula is C28H20MnN4O8+. The standard InChI is InChI=1S/C28H21N4O8.Mn/c1-37-25(33)21-13-5-7-15(29-13)22(26(34)38-2)17-9-11-19(31-17)24(28(36)40-4)20-12-10-18(32-20)23(27(35)39-3)16-8-6-14(21)30-16;/h5-12H,1-4H3,(H-,29,30,31,32,33,34,35,36);/q-1;+3/p-1. The fourth-order valence-corrected chi connectivity index (χ4v) is 4.33. The van der Waals surface area contributed by atoms with Gasteiger partial charge in [0.2, 0.25) is 0 Å². The van der Waals surface area contributed by atoms with Crippen molar-refractivity contribution in [1.29, 1.82) is 0 Å². The van der Waals surface area contributed by atoms with E-state index in [9.17, 15) is 19.2 Å². The van der Waals surface area contributed by atoms with E-state index < -0.39 is 23.9 Å². The van der Waals surface area contributed by atoms with Gasteiger partial charge >= 0.3 is 40.9 Å². The van der Waals surface area contributed by atoms with Crippen molar-refractivity contribution in [3.63, 3.8) is 0 Å². The smallest absolute Gasteiger partial charge is 0.656 e. The quantitative estimate of drug-likeness (QED) is 0.170. The maximum absolute atomic E-state index is 12.9. The Morgan fingerprint density at radius 1 is 0.488 bits per heavy atom. The number of fused-ring (bicyclic) bond motifs is 8. The minimum Gasteiger partial charge on any atom is -0.656 e. The summed E-state index contributed by atoms with van der Waals surface area (Å²) in [5.74, 6) is -2.97. The minimum absolute atomic E-state index is 0. The Morgan fingerprint density at radius 2 is 0.707 bits per heavy atom. The first kappa shape index (κ1) is 29.0. The first-order chi connectivity index (χ1) is 19.3. The third kappa shape index (κ3) is 5.04. The van der Waals surface area contributed by atoms with Crippen molar-refractivity contribution in [1.82, 2.24) is 19.9 Å². The molecule has 0 saturated carbocycles. The van der Waals surface area contributed by atoms with Crippen LogP contribution in [0.2, 0.25) is 0 Å². The summed E-state index contributed by atoms with van der Waals surface area (Å²) in [6.07, 6.45) is 6.07. The summed E-state index contributed by atoms with van der Waals surface area (Å²) in [6, 6.07) is 6.07. The molecule has 0 N–H and O–H groups in total. The van der Waals surface area contributed by atoms with E-state index in [1.807, 2.05) is 0 Å². The maximum atomic E-state index is 12.9. The van der Waals surface area contributed by atoms with E-state index in [0.29, 0.717) is 0 Å². The minimum atomic E-state index is -0.741. The van der Waals surface area contributed by atoms with Crippen LogP contribution in [0.4, 0.5) is 0 Å². The number of hydrogen-bond acceptors (Lipinski definition) is 10. The first-order valence-corrected chi connectivity index (χ1v) is 11.7. The molecule has 0 saturated heterocycles. The largest absolute Gasteiger partial charge is 3.00 e. The van der Waals surface area contributed by atoms with E-state index in [1.165, 1.54) is 77.0 Å². The summed E-state index contributed by atoms with van der Waals surface area (Å²) in [4.78, 5) is 69.5. The predicted octanol–water partition coefficient (Wildman–Crippen LogP) is 3.06. The van der Waals surface area contributed by atoms with E-state index in [-0.39, 0.29) is 84.2 Å². The molecule has 41 heavy (non-hydrogen) atoms.